The van der Waals surface area contributed by atoms with Crippen molar-refractivity contribution in [2.45, 2.75) is 25.8 Å². The molecule has 0 heterocycles. The zero-order chi connectivity index (χ0) is 12.5. The summed E-state index contributed by atoms with van der Waals surface area (Å²) >= 11 is 2.94. The Labute approximate surface area is 101 Å². The molecule has 1 aromatic rings. The fraction of sp³-hybridized carbons (Fsp3) is 0.364. The van der Waals surface area contributed by atoms with Crippen LogP contribution in [-0.2, 0) is 10.3 Å². The van der Waals surface area contributed by atoms with Crippen molar-refractivity contribution < 1.29 is 13.6 Å². The van der Waals surface area contributed by atoms with Gasteiger partial charge in [-0.2, -0.15) is 0 Å². The normalized spacial score (nSPS) is 14.6. The van der Waals surface area contributed by atoms with Crippen molar-refractivity contribution in [2.24, 2.45) is 5.73 Å². The highest BCUT2D eigenvalue weighted by Crippen LogP contribution is 2.28. The average Bonchev–Trinajstić information content (AvgIpc) is 2.21. The van der Waals surface area contributed by atoms with Crippen molar-refractivity contribution in [1.29, 1.82) is 0 Å². The highest BCUT2D eigenvalue weighted by Gasteiger charge is 2.32. The Hall–Kier alpha value is -0.810. The molecule has 0 aromatic heterocycles. The molecule has 0 radical (unpaired) electrons. The second-order valence-electron chi connectivity index (χ2n) is 3.73. The molecule has 0 saturated heterocycles. The van der Waals surface area contributed by atoms with Crippen molar-refractivity contribution in [2.75, 3.05) is 0 Å². The highest BCUT2D eigenvalue weighted by molar-refractivity contribution is 9.10. The number of carbonyl (C=O) groups is 1. The molecule has 1 atom stereocenters. The molecule has 1 unspecified atom stereocenters. The van der Waals surface area contributed by atoms with Crippen LogP contribution >= 0.6 is 15.9 Å². The molecule has 0 saturated carbocycles. The number of Topliss-reactive ketones (excluding diaryl/α,β-unsaturated/α-hetero) is 1. The largest absolute Gasteiger partial charge is 0.315 e. The van der Waals surface area contributed by atoms with E-state index in [9.17, 15) is 13.6 Å². The lowest BCUT2D eigenvalue weighted by Gasteiger charge is -2.23. The minimum absolute atomic E-state index is 0.00683. The van der Waals surface area contributed by atoms with Gasteiger partial charge in [-0.15, -0.1) is 0 Å². The van der Waals surface area contributed by atoms with E-state index in [1.54, 1.807) is 6.92 Å². The second kappa shape index (κ2) is 4.59. The third kappa shape index (κ3) is 2.30. The maximum absolute atomic E-state index is 13.5. The van der Waals surface area contributed by atoms with E-state index >= 15 is 0 Å². The van der Waals surface area contributed by atoms with Crippen LogP contribution in [0.2, 0.25) is 0 Å². The Morgan fingerprint density at radius 3 is 2.50 bits per heavy atom. The maximum atomic E-state index is 13.5. The molecule has 0 bridgehead atoms. The van der Waals surface area contributed by atoms with Crippen LogP contribution in [0.5, 0.6) is 0 Å². The van der Waals surface area contributed by atoms with E-state index in [2.05, 4.69) is 15.9 Å². The van der Waals surface area contributed by atoms with E-state index in [0.29, 0.717) is 6.07 Å². The molecule has 0 fully saturated rings. The van der Waals surface area contributed by atoms with Crippen LogP contribution in [0.25, 0.3) is 0 Å². The maximum Gasteiger partial charge on any atom is 0.156 e. The van der Waals surface area contributed by atoms with Crippen LogP contribution in [0.4, 0.5) is 8.78 Å². The number of hydrogen-bond donors (Lipinski definition) is 1. The summed E-state index contributed by atoms with van der Waals surface area (Å²) in [5, 5.41) is 0. The van der Waals surface area contributed by atoms with E-state index in [1.165, 1.54) is 13.0 Å². The number of hydrogen-bond acceptors (Lipinski definition) is 2. The van der Waals surface area contributed by atoms with Crippen LogP contribution < -0.4 is 5.73 Å². The zero-order valence-corrected chi connectivity index (χ0v) is 10.6. The summed E-state index contributed by atoms with van der Waals surface area (Å²) in [7, 11) is 0. The number of halogens is 3. The number of benzene rings is 1. The van der Waals surface area contributed by atoms with Crippen molar-refractivity contribution in [3.63, 3.8) is 0 Å². The predicted octanol–water partition coefficient (Wildman–Crippen LogP) is 2.88. The SMILES string of the molecule is CCC(=O)C(C)(N)c1cc(Br)c(F)cc1F. The molecular formula is C11H12BrF2NO. The Morgan fingerprint density at radius 1 is 1.44 bits per heavy atom. The molecule has 0 amide bonds. The third-order valence-electron chi connectivity index (χ3n) is 2.47. The van der Waals surface area contributed by atoms with Gasteiger partial charge in [0.2, 0.25) is 0 Å². The van der Waals surface area contributed by atoms with Crippen LogP contribution in [0, 0.1) is 11.6 Å². The van der Waals surface area contributed by atoms with E-state index in [4.69, 9.17) is 5.73 Å². The van der Waals surface area contributed by atoms with Crippen LogP contribution in [0.3, 0.4) is 0 Å². The lowest BCUT2D eigenvalue weighted by atomic mass is 9.87. The third-order valence-corrected chi connectivity index (χ3v) is 3.08. The molecule has 0 aliphatic heterocycles. The van der Waals surface area contributed by atoms with E-state index in [-0.39, 0.29) is 22.2 Å². The first-order valence-corrected chi connectivity index (χ1v) is 5.57. The van der Waals surface area contributed by atoms with Gasteiger partial charge in [0.05, 0.1) is 4.47 Å². The smallest absolute Gasteiger partial charge is 0.156 e. The zero-order valence-electron chi connectivity index (χ0n) is 8.98. The number of carbonyl (C=O) groups excluding carboxylic acids is 1. The summed E-state index contributed by atoms with van der Waals surface area (Å²) in [6.45, 7) is 3.06. The summed E-state index contributed by atoms with van der Waals surface area (Å²) < 4.78 is 26.6. The fourth-order valence-corrected chi connectivity index (χ4v) is 1.78. The number of rotatable bonds is 3. The van der Waals surface area contributed by atoms with E-state index in [0.717, 1.165) is 0 Å². The van der Waals surface area contributed by atoms with Gasteiger partial charge in [0.1, 0.15) is 17.2 Å². The van der Waals surface area contributed by atoms with Gasteiger partial charge in [-0.25, -0.2) is 8.78 Å². The topological polar surface area (TPSA) is 43.1 Å². The van der Waals surface area contributed by atoms with Crippen molar-refractivity contribution >= 4 is 21.7 Å². The summed E-state index contributed by atoms with van der Waals surface area (Å²) in [6.07, 6.45) is 0.196. The Kier molecular flexibility index (Phi) is 3.80. The lowest BCUT2D eigenvalue weighted by molar-refractivity contribution is -0.123. The first kappa shape index (κ1) is 13.3. The van der Waals surface area contributed by atoms with Gasteiger partial charge in [0.15, 0.2) is 5.78 Å². The standard InChI is InChI=1S/C11H12BrF2NO/c1-3-10(16)11(2,15)6-4-7(12)9(14)5-8(6)13/h4-5H,3,15H2,1-2H3. The van der Waals surface area contributed by atoms with E-state index in [1.807, 2.05) is 0 Å². The molecule has 88 valence electrons. The minimum Gasteiger partial charge on any atom is -0.315 e. The fourth-order valence-electron chi connectivity index (χ4n) is 1.44. The monoisotopic (exact) mass is 291 g/mol. The summed E-state index contributed by atoms with van der Waals surface area (Å²) in [5.74, 6) is -1.83. The summed E-state index contributed by atoms with van der Waals surface area (Å²) in [5.41, 5.74) is 4.34. The molecule has 16 heavy (non-hydrogen) atoms. The molecule has 2 nitrogen and oxygen atoms in total. The van der Waals surface area contributed by atoms with Crippen LogP contribution in [0.15, 0.2) is 16.6 Å². The molecule has 5 heteroatoms. The van der Waals surface area contributed by atoms with Gasteiger partial charge in [-0.3, -0.25) is 4.79 Å². The van der Waals surface area contributed by atoms with Crippen molar-refractivity contribution in [3.05, 3.63) is 33.8 Å². The van der Waals surface area contributed by atoms with Gasteiger partial charge in [-0.1, -0.05) is 6.92 Å². The minimum atomic E-state index is -1.44. The van der Waals surface area contributed by atoms with Crippen LogP contribution in [0.1, 0.15) is 25.8 Å². The molecule has 1 rings (SSSR count). The number of nitrogens with two attached hydrogens (primary N) is 1. The summed E-state index contributed by atoms with van der Waals surface area (Å²) in [6, 6.07) is 1.92. The van der Waals surface area contributed by atoms with Gasteiger partial charge in [0, 0.05) is 18.1 Å². The second-order valence-corrected chi connectivity index (χ2v) is 4.58. The molecule has 2 N–H and O–H groups in total. The van der Waals surface area contributed by atoms with Gasteiger partial charge in [-0.05, 0) is 28.9 Å². The average molecular weight is 292 g/mol. The predicted molar refractivity (Wildman–Crippen MR) is 60.9 cm³/mol. The summed E-state index contributed by atoms with van der Waals surface area (Å²) in [4.78, 5) is 11.6. The van der Waals surface area contributed by atoms with Crippen LogP contribution in [-0.4, -0.2) is 5.78 Å². The Bertz CT molecular complexity index is 432. The first-order valence-electron chi connectivity index (χ1n) is 4.78. The Balaban J connectivity index is 3.33. The van der Waals surface area contributed by atoms with Gasteiger partial charge in [0.25, 0.3) is 0 Å². The molecule has 1 aromatic carbocycles. The molecule has 0 aliphatic carbocycles. The Morgan fingerprint density at radius 2 is 2.00 bits per heavy atom. The molecule has 0 spiro atoms. The van der Waals surface area contributed by atoms with Crippen molar-refractivity contribution in [1.82, 2.24) is 0 Å². The number of ketones is 1. The van der Waals surface area contributed by atoms with Crippen molar-refractivity contribution in [3.8, 4) is 0 Å². The molecule has 0 aliphatic rings. The van der Waals surface area contributed by atoms with E-state index < -0.39 is 17.2 Å². The molecular weight excluding hydrogens is 280 g/mol. The van der Waals surface area contributed by atoms with Gasteiger partial charge < -0.3 is 5.73 Å². The lowest BCUT2D eigenvalue weighted by Crippen LogP contribution is -2.42. The first-order chi connectivity index (χ1) is 7.30. The van der Waals surface area contributed by atoms with Gasteiger partial charge >= 0.3 is 0 Å². The highest BCUT2D eigenvalue weighted by atomic mass is 79.9. The quantitative estimate of drug-likeness (QED) is 0.870.